The van der Waals surface area contributed by atoms with E-state index in [-0.39, 0.29) is 5.91 Å². The van der Waals surface area contributed by atoms with E-state index in [4.69, 9.17) is 0 Å². The average molecular weight is 276 g/mol. The molecule has 0 saturated carbocycles. The van der Waals surface area contributed by atoms with Crippen LogP contribution in [0.5, 0.6) is 0 Å². The highest BCUT2D eigenvalue weighted by Gasteiger charge is 2.21. The second kappa shape index (κ2) is 7.24. The van der Waals surface area contributed by atoms with E-state index in [9.17, 15) is 4.79 Å². The average Bonchev–Trinajstić information content (AvgIpc) is 2.48. The van der Waals surface area contributed by atoms with Crippen LogP contribution in [-0.4, -0.2) is 60.0 Å². The van der Waals surface area contributed by atoms with Gasteiger partial charge in [0, 0.05) is 44.5 Å². The summed E-state index contributed by atoms with van der Waals surface area (Å²) in [5.74, 6) is 0.880. The number of aromatic nitrogens is 1. The van der Waals surface area contributed by atoms with Gasteiger partial charge in [0.25, 0.3) is 5.91 Å². The van der Waals surface area contributed by atoms with Crippen LogP contribution in [0.25, 0.3) is 0 Å². The predicted octanol–water partition coefficient (Wildman–Crippen LogP) is 1.68. The smallest absolute Gasteiger partial charge is 0.254 e. The molecule has 1 aliphatic heterocycles. The van der Waals surface area contributed by atoms with Gasteiger partial charge in [-0.2, -0.15) is 0 Å². The fourth-order valence-corrected chi connectivity index (χ4v) is 2.51. The lowest BCUT2D eigenvalue weighted by molar-refractivity contribution is 0.0637. The quantitative estimate of drug-likeness (QED) is 0.889. The molecule has 0 unspecified atom stereocenters. The summed E-state index contributed by atoms with van der Waals surface area (Å²) in [6, 6.07) is 3.63. The van der Waals surface area contributed by atoms with E-state index in [1.165, 1.54) is 6.42 Å². The van der Waals surface area contributed by atoms with Gasteiger partial charge in [-0.15, -0.1) is 0 Å². The molecule has 0 bridgehead atoms. The zero-order chi connectivity index (χ0) is 14.4. The van der Waals surface area contributed by atoms with E-state index in [0.29, 0.717) is 0 Å². The number of anilines is 1. The van der Waals surface area contributed by atoms with Gasteiger partial charge in [0.15, 0.2) is 0 Å². The first kappa shape index (κ1) is 14.8. The van der Waals surface area contributed by atoms with Gasteiger partial charge in [-0.1, -0.05) is 6.92 Å². The Morgan fingerprint density at radius 1 is 1.30 bits per heavy atom. The molecule has 20 heavy (non-hydrogen) atoms. The third-order valence-electron chi connectivity index (χ3n) is 3.56. The first-order valence-corrected chi connectivity index (χ1v) is 7.46. The molecule has 1 aromatic rings. The Morgan fingerprint density at radius 2 is 2.05 bits per heavy atom. The molecule has 0 atom stereocenters. The van der Waals surface area contributed by atoms with Crippen molar-refractivity contribution in [2.45, 2.75) is 20.3 Å². The number of hydrogen-bond acceptors (Lipinski definition) is 4. The zero-order valence-electron chi connectivity index (χ0n) is 12.4. The van der Waals surface area contributed by atoms with Gasteiger partial charge in [-0.05, 0) is 32.0 Å². The van der Waals surface area contributed by atoms with Crippen molar-refractivity contribution in [2.75, 3.05) is 44.6 Å². The lowest BCUT2D eigenvalue weighted by Gasteiger charge is -2.34. The summed E-state index contributed by atoms with van der Waals surface area (Å²) in [5.41, 5.74) is 0.722. The Kier molecular flexibility index (Phi) is 5.35. The summed E-state index contributed by atoms with van der Waals surface area (Å²) < 4.78 is 0. The summed E-state index contributed by atoms with van der Waals surface area (Å²) in [4.78, 5) is 21.0. The maximum Gasteiger partial charge on any atom is 0.254 e. The van der Waals surface area contributed by atoms with Crippen molar-refractivity contribution < 1.29 is 4.79 Å². The van der Waals surface area contributed by atoms with Gasteiger partial charge in [-0.3, -0.25) is 9.69 Å². The topological polar surface area (TPSA) is 48.5 Å². The summed E-state index contributed by atoms with van der Waals surface area (Å²) in [5, 5.41) is 3.14. The number of nitrogens with one attached hydrogen (secondary N) is 1. The summed E-state index contributed by atoms with van der Waals surface area (Å²) in [6.07, 6.45) is 2.86. The van der Waals surface area contributed by atoms with Gasteiger partial charge in [0.1, 0.15) is 5.82 Å². The van der Waals surface area contributed by atoms with Crippen LogP contribution < -0.4 is 5.32 Å². The van der Waals surface area contributed by atoms with Gasteiger partial charge in [0.2, 0.25) is 0 Å². The van der Waals surface area contributed by atoms with Crippen LogP contribution >= 0.6 is 0 Å². The number of piperazine rings is 1. The summed E-state index contributed by atoms with van der Waals surface area (Å²) >= 11 is 0. The monoisotopic (exact) mass is 276 g/mol. The Balaban J connectivity index is 1.96. The zero-order valence-corrected chi connectivity index (χ0v) is 12.4. The standard InChI is InChI=1S/C15H24N4O/c1-3-7-18-8-10-19(11-9-18)15(20)13-5-6-17-14(12-13)16-4-2/h5-6,12H,3-4,7-11H2,1-2H3,(H,16,17). The second-order valence-corrected chi connectivity index (χ2v) is 5.09. The van der Waals surface area contributed by atoms with Crippen molar-refractivity contribution in [3.8, 4) is 0 Å². The lowest BCUT2D eigenvalue weighted by Crippen LogP contribution is -2.48. The number of hydrogen-bond donors (Lipinski definition) is 1. The Bertz CT molecular complexity index is 441. The number of carbonyl (C=O) groups is 1. The van der Waals surface area contributed by atoms with E-state index in [1.807, 2.05) is 17.9 Å². The number of rotatable bonds is 5. The van der Waals surface area contributed by atoms with Crippen LogP contribution in [0.1, 0.15) is 30.6 Å². The number of pyridine rings is 1. The number of carbonyl (C=O) groups excluding carboxylic acids is 1. The normalized spacial score (nSPS) is 16.2. The molecule has 5 heteroatoms. The molecule has 110 valence electrons. The van der Waals surface area contributed by atoms with E-state index in [1.54, 1.807) is 12.3 Å². The Hall–Kier alpha value is -1.62. The molecule has 1 aromatic heterocycles. The van der Waals surface area contributed by atoms with Crippen LogP contribution in [0, 0.1) is 0 Å². The second-order valence-electron chi connectivity index (χ2n) is 5.09. The van der Waals surface area contributed by atoms with Gasteiger partial charge in [-0.25, -0.2) is 4.98 Å². The van der Waals surface area contributed by atoms with Crippen molar-refractivity contribution in [3.05, 3.63) is 23.9 Å². The Labute approximate surface area is 121 Å². The van der Waals surface area contributed by atoms with Crippen molar-refractivity contribution >= 4 is 11.7 Å². The van der Waals surface area contributed by atoms with Crippen LogP contribution in [0.3, 0.4) is 0 Å². The molecule has 1 N–H and O–H groups in total. The highest BCUT2D eigenvalue weighted by atomic mass is 16.2. The largest absolute Gasteiger partial charge is 0.370 e. The lowest BCUT2D eigenvalue weighted by atomic mass is 10.2. The minimum absolute atomic E-state index is 0.114. The number of amides is 1. The van der Waals surface area contributed by atoms with Crippen molar-refractivity contribution in [1.82, 2.24) is 14.8 Å². The molecule has 1 saturated heterocycles. The minimum Gasteiger partial charge on any atom is -0.370 e. The highest BCUT2D eigenvalue weighted by Crippen LogP contribution is 2.12. The summed E-state index contributed by atoms with van der Waals surface area (Å²) in [7, 11) is 0. The predicted molar refractivity (Wildman–Crippen MR) is 81.0 cm³/mol. The van der Waals surface area contributed by atoms with Crippen LogP contribution in [0.15, 0.2) is 18.3 Å². The molecule has 0 aliphatic carbocycles. The SMILES string of the molecule is CCCN1CCN(C(=O)c2ccnc(NCC)c2)CC1. The minimum atomic E-state index is 0.114. The van der Waals surface area contributed by atoms with Crippen LogP contribution in [0.4, 0.5) is 5.82 Å². The molecule has 2 rings (SSSR count). The van der Waals surface area contributed by atoms with Crippen molar-refractivity contribution in [1.29, 1.82) is 0 Å². The van der Waals surface area contributed by atoms with E-state index in [0.717, 1.165) is 50.6 Å². The van der Waals surface area contributed by atoms with Crippen LogP contribution in [0.2, 0.25) is 0 Å². The van der Waals surface area contributed by atoms with Crippen molar-refractivity contribution in [3.63, 3.8) is 0 Å². The van der Waals surface area contributed by atoms with Gasteiger partial charge in [0.05, 0.1) is 0 Å². The molecule has 1 amide bonds. The van der Waals surface area contributed by atoms with E-state index < -0.39 is 0 Å². The molecular formula is C15H24N4O. The van der Waals surface area contributed by atoms with Gasteiger partial charge >= 0.3 is 0 Å². The van der Waals surface area contributed by atoms with Crippen molar-refractivity contribution in [2.24, 2.45) is 0 Å². The van der Waals surface area contributed by atoms with Crippen LogP contribution in [-0.2, 0) is 0 Å². The molecular weight excluding hydrogens is 252 g/mol. The fraction of sp³-hybridized carbons (Fsp3) is 0.600. The summed E-state index contributed by atoms with van der Waals surface area (Å²) in [6.45, 7) is 9.73. The molecule has 5 nitrogen and oxygen atoms in total. The Morgan fingerprint density at radius 3 is 2.70 bits per heavy atom. The number of nitrogens with zero attached hydrogens (tertiary/aromatic N) is 3. The molecule has 0 aromatic carbocycles. The maximum absolute atomic E-state index is 12.5. The fourth-order valence-electron chi connectivity index (χ4n) is 2.51. The molecule has 2 heterocycles. The third kappa shape index (κ3) is 3.70. The first-order valence-electron chi connectivity index (χ1n) is 7.46. The molecule has 1 aliphatic rings. The molecule has 0 radical (unpaired) electrons. The van der Waals surface area contributed by atoms with Gasteiger partial charge < -0.3 is 10.2 Å². The first-order chi connectivity index (χ1) is 9.74. The highest BCUT2D eigenvalue weighted by molar-refractivity contribution is 5.94. The maximum atomic E-state index is 12.5. The van der Waals surface area contributed by atoms with E-state index in [2.05, 4.69) is 22.1 Å². The molecule has 1 fully saturated rings. The third-order valence-corrected chi connectivity index (χ3v) is 3.56. The van der Waals surface area contributed by atoms with E-state index >= 15 is 0 Å². The molecule has 0 spiro atoms.